The first-order valence-corrected chi connectivity index (χ1v) is 31.1. The Morgan fingerprint density at radius 2 is 0.562 bits per heavy atom. The van der Waals surface area contributed by atoms with Crippen molar-refractivity contribution in [1.29, 1.82) is 0 Å². The maximum atomic E-state index is 12.8. The van der Waals surface area contributed by atoms with Gasteiger partial charge >= 0.3 is 17.9 Å². The van der Waals surface area contributed by atoms with E-state index in [0.717, 1.165) is 116 Å². The topological polar surface area (TPSA) is 78.9 Å². The minimum absolute atomic E-state index is 0.0794. The van der Waals surface area contributed by atoms with Gasteiger partial charge in [-0.3, -0.25) is 14.4 Å². The van der Waals surface area contributed by atoms with E-state index < -0.39 is 6.10 Å². The minimum Gasteiger partial charge on any atom is -0.462 e. The molecule has 0 fully saturated rings. The maximum absolute atomic E-state index is 12.8. The number of rotatable bonds is 56. The van der Waals surface area contributed by atoms with Crippen LogP contribution in [0.1, 0.15) is 303 Å². The third-order valence-electron chi connectivity index (χ3n) is 13.3. The van der Waals surface area contributed by atoms with Gasteiger partial charge in [0.25, 0.3) is 0 Å². The predicted molar refractivity (Wildman–Crippen MR) is 316 cm³/mol. The van der Waals surface area contributed by atoms with Crippen LogP contribution in [-0.4, -0.2) is 37.2 Å². The lowest BCUT2D eigenvalue weighted by Gasteiger charge is -2.18. The minimum atomic E-state index is -0.780. The highest BCUT2D eigenvalue weighted by Gasteiger charge is 2.19. The third-order valence-corrected chi connectivity index (χ3v) is 13.3. The molecular weight excluding hydrogens is 901 g/mol. The molecule has 0 N–H and O–H groups in total. The summed E-state index contributed by atoms with van der Waals surface area (Å²) in [6, 6.07) is 0. The van der Waals surface area contributed by atoms with E-state index in [1.165, 1.54) is 148 Å². The van der Waals surface area contributed by atoms with Crippen LogP contribution in [0.15, 0.2) is 85.1 Å². The first kappa shape index (κ1) is 69.6. The van der Waals surface area contributed by atoms with E-state index in [4.69, 9.17) is 14.2 Å². The second-order valence-corrected chi connectivity index (χ2v) is 20.6. The maximum Gasteiger partial charge on any atom is 0.306 e. The highest BCUT2D eigenvalue weighted by atomic mass is 16.6. The molecule has 0 spiro atoms. The van der Waals surface area contributed by atoms with Crippen molar-refractivity contribution >= 4 is 17.9 Å². The van der Waals surface area contributed by atoms with Crippen LogP contribution in [0.4, 0.5) is 0 Å². The molecular formula is C67H116O6. The average Bonchev–Trinajstić information content (AvgIpc) is 3.39. The lowest BCUT2D eigenvalue weighted by atomic mass is 10.0. The van der Waals surface area contributed by atoms with Gasteiger partial charge in [-0.25, -0.2) is 0 Å². The number of esters is 3. The van der Waals surface area contributed by atoms with Gasteiger partial charge < -0.3 is 14.2 Å². The first-order valence-electron chi connectivity index (χ1n) is 31.1. The Bertz CT molecular complexity index is 1400. The van der Waals surface area contributed by atoms with Gasteiger partial charge in [-0.05, 0) is 109 Å². The number of carbonyl (C=O) groups excluding carboxylic acids is 3. The molecule has 0 aromatic heterocycles. The molecule has 0 aliphatic rings. The summed E-state index contributed by atoms with van der Waals surface area (Å²) in [6.07, 6.45) is 80.4. The van der Waals surface area contributed by atoms with E-state index in [0.29, 0.717) is 19.3 Å². The molecule has 0 radical (unpaired) electrons. The number of hydrogen-bond acceptors (Lipinski definition) is 6. The molecule has 0 bridgehead atoms. The molecule has 1 unspecified atom stereocenters. The molecule has 0 rings (SSSR count). The van der Waals surface area contributed by atoms with Crippen molar-refractivity contribution in [2.75, 3.05) is 13.2 Å². The highest BCUT2D eigenvalue weighted by molar-refractivity contribution is 5.71. The number of hydrogen-bond donors (Lipinski definition) is 0. The van der Waals surface area contributed by atoms with Crippen LogP contribution in [0.5, 0.6) is 0 Å². The van der Waals surface area contributed by atoms with Crippen LogP contribution < -0.4 is 0 Å². The quantitative estimate of drug-likeness (QED) is 0.0261. The van der Waals surface area contributed by atoms with Gasteiger partial charge in [0, 0.05) is 19.3 Å². The SMILES string of the molecule is CC/C=C\C/C=C\C/C=C\C/C=C\C/C=C\CCCCCCCCCCCCCCCCCCCC(=O)OCC(COC(=O)CCCCCCC/C=C\CCC)OC(=O)CCCCCCC/C=C\CCCCC. The molecule has 0 amide bonds. The van der Waals surface area contributed by atoms with E-state index in [-0.39, 0.29) is 31.1 Å². The fourth-order valence-electron chi connectivity index (χ4n) is 8.70. The fraction of sp³-hybridized carbons (Fsp3) is 0.746. The van der Waals surface area contributed by atoms with Crippen molar-refractivity contribution in [2.24, 2.45) is 0 Å². The molecule has 0 saturated carbocycles. The van der Waals surface area contributed by atoms with Crippen LogP contribution >= 0.6 is 0 Å². The summed E-state index contributed by atoms with van der Waals surface area (Å²) in [4.78, 5) is 38.0. The van der Waals surface area contributed by atoms with Gasteiger partial charge in [0.05, 0.1) is 0 Å². The molecule has 1 atom stereocenters. The smallest absolute Gasteiger partial charge is 0.306 e. The van der Waals surface area contributed by atoms with Gasteiger partial charge in [0.15, 0.2) is 6.10 Å². The number of allylic oxidation sites excluding steroid dienone is 14. The molecule has 0 aromatic rings. The Kier molecular flexibility index (Phi) is 58.3. The molecule has 73 heavy (non-hydrogen) atoms. The summed E-state index contributed by atoms with van der Waals surface area (Å²) in [5.74, 6) is -0.892. The number of unbranched alkanes of at least 4 members (excludes halogenated alkanes) is 31. The Morgan fingerprint density at radius 3 is 0.904 bits per heavy atom. The number of carbonyl (C=O) groups is 3. The summed E-state index contributed by atoms with van der Waals surface area (Å²) >= 11 is 0. The van der Waals surface area contributed by atoms with E-state index >= 15 is 0 Å². The van der Waals surface area contributed by atoms with E-state index in [1.54, 1.807) is 0 Å². The summed E-state index contributed by atoms with van der Waals surface area (Å²) in [6.45, 7) is 6.44. The summed E-state index contributed by atoms with van der Waals surface area (Å²) in [7, 11) is 0. The summed E-state index contributed by atoms with van der Waals surface area (Å²) in [5, 5.41) is 0. The van der Waals surface area contributed by atoms with Crippen LogP contribution in [-0.2, 0) is 28.6 Å². The van der Waals surface area contributed by atoms with Gasteiger partial charge in [-0.15, -0.1) is 0 Å². The molecule has 0 aliphatic carbocycles. The van der Waals surface area contributed by atoms with Crippen LogP contribution in [0.25, 0.3) is 0 Å². The van der Waals surface area contributed by atoms with Crippen molar-refractivity contribution < 1.29 is 28.6 Å². The lowest BCUT2D eigenvalue weighted by Crippen LogP contribution is -2.30. The normalized spacial score (nSPS) is 12.6. The van der Waals surface area contributed by atoms with Crippen LogP contribution in [0.2, 0.25) is 0 Å². The molecule has 0 saturated heterocycles. The molecule has 420 valence electrons. The van der Waals surface area contributed by atoms with Gasteiger partial charge in [-0.1, -0.05) is 260 Å². The van der Waals surface area contributed by atoms with Gasteiger partial charge in [-0.2, -0.15) is 0 Å². The second-order valence-electron chi connectivity index (χ2n) is 20.6. The Morgan fingerprint density at radius 1 is 0.288 bits per heavy atom. The summed E-state index contributed by atoms with van der Waals surface area (Å²) in [5.41, 5.74) is 0. The zero-order chi connectivity index (χ0) is 52.9. The second kappa shape index (κ2) is 61.1. The summed E-state index contributed by atoms with van der Waals surface area (Å²) < 4.78 is 16.8. The van der Waals surface area contributed by atoms with Crippen molar-refractivity contribution in [3.63, 3.8) is 0 Å². The van der Waals surface area contributed by atoms with Gasteiger partial charge in [0.2, 0.25) is 0 Å². The van der Waals surface area contributed by atoms with Crippen molar-refractivity contribution in [3.05, 3.63) is 85.1 Å². The Balaban J connectivity index is 4.05. The molecule has 6 heteroatoms. The Hall–Kier alpha value is -3.41. The van der Waals surface area contributed by atoms with Crippen LogP contribution in [0, 0.1) is 0 Å². The van der Waals surface area contributed by atoms with Crippen molar-refractivity contribution in [3.8, 4) is 0 Å². The van der Waals surface area contributed by atoms with Crippen molar-refractivity contribution in [2.45, 2.75) is 309 Å². The third kappa shape index (κ3) is 59.3. The zero-order valence-electron chi connectivity index (χ0n) is 48.1. The molecule has 0 heterocycles. The van der Waals surface area contributed by atoms with E-state index in [9.17, 15) is 14.4 Å². The monoisotopic (exact) mass is 1020 g/mol. The fourth-order valence-corrected chi connectivity index (χ4v) is 8.70. The first-order chi connectivity index (χ1) is 36.0. The zero-order valence-corrected chi connectivity index (χ0v) is 48.1. The highest BCUT2D eigenvalue weighted by Crippen LogP contribution is 2.16. The van der Waals surface area contributed by atoms with E-state index in [2.05, 4.69) is 106 Å². The largest absolute Gasteiger partial charge is 0.462 e. The molecule has 0 aliphatic heterocycles. The average molecular weight is 1020 g/mol. The Labute approximate surface area is 452 Å². The predicted octanol–water partition coefficient (Wildman–Crippen LogP) is 21.1. The van der Waals surface area contributed by atoms with Crippen molar-refractivity contribution in [1.82, 2.24) is 0 Å². The molecule has 6 nitrogen and oxygen atoms in total. The standard InChI is InChI=1S/C67H116O6/c1-4-7-10-13-16-19-22-24-25-26-27-28-29-30-31-32-33-34-35-36-37-38-39-40-41-42-43-44-46-48-51-54-57-60-66(69)72-63-64(62-71-65(68)59-56-53-50-47-21-18-15-12-9-6-3)73-67(70)61-58-55-52-49-45-23-20-17-14-11-8-5-2/h7,10,12,15-17,19-20,24-25,27-28,30-31,64H,4-6,8-9,11,13-14,18,21-23,26,29,32-63H2,1-3H3/b10-7-,15-12-,19-16-,20-17-,25-24-,28-27-,31-30-. The number of ether oxygens (including phenoxy) is 3. The van der Waals surface area contributed by atoms with E-state index in [1.807, 2.05) is 0 Å². The lowest BCUT2D eigenvalue weighted by molar-refractivity contribution is -0.167. The van der Waals surface area contributed by atoms with Gasteiger partial charge in [0.1, 0.15) is 13.2 Å². The molecule has 0 aromatic carbocycles. The van der Waals surface area contributed by atoms with Crippen LogP contribution in [0.3, 0.4) is 0 Å².